The molecule has 2 heterocycles. The topological polar surface area (TPSA) is 64.1 Å². The molecular weight excluding hydrogens is 390 g/mol. The van der Waals surface area contributed by atoms with Crippen molar-refractivity contribution in [3.05, 3.63) is 58.2 Å². The van der Waals surface area contributed by atoms with Crippen molar-refractivity contribution in [1.29, 1.82) is 0 Å². The van der Waals surface area contributed by atoms with Crippen LogP contribution in [-0.4, -0.2) is 22.5 Å². The number of pyridine rings is 1. The minimum atomic E-state index is -0.359. The van der Waals surface area contributed by atoms with Gasteiger partial charge in [0.2, 0.25) is 0 Å². The van der Waals surface area contributed by atoms with Gasteiger partial charge >= 0.3 is 5.97 Å². The van der Waals surface area contributed by atoms with Gasteiger partial charge in [0.25, 0.3) is 0 Å². The lowest BCUT2D eigenvalue weighted by molar-refractivity contribution is 0.0526. The molecule has 0 atom stereocenters. The minimum Gasteiger partial charge on any atom is -0.462 e. The van der Waals surface area contributed by atoms with Gasteiger partial charge in [-0.2, -0.15) is 0 Å². The number of halogens is 1. The number of thiazole rings is 1. The molecule has 0 aliphatic heterocycles. The fourth-order valence-electron chi connectivity index (χ4n) is 2.11. The van der Waals surface area contributed by atoms with E-state index in [4.69, 9.17) is 16.3 Å². The molecule has 0 saturated heterocycles. The van der Waals surface area contributed by atoms with Gasteiger partial charge in [0.15, 0.2) is 5.13 Å². The zero-order valence-corrected chi connectivity index (χ0v) is 16.5. The summed E-state index contributed by atoms with van der Waals surface area (Å²) in [5.74, 6) is 0.337. The number of anilines is 2. The fourth-order valence-corrected chi connectivity index (χ4v) is 3.95. The van der Waals surface area contributed by atoms with Crippen LogP contribution in [-0.2, 0) is 4.74 Å². The number of carbonyl (C=O) groups is 1. The molecule has 0 aliphatic carbocycles. The van der Waals surface area contributed by atoms with Crippen LogP contribution >= 0.6 is 34.7 Å². The maximum absolute atomic E-state index is 11.9. The van der Waals surface area contributed by atoms with Crippen LogP contribution in [0, 0.1) is 6.92 Å². The molecule has 1 aromatic carbocycles. The zero-order valence-electron chi connectivity index (χ0n) is 14.2. The molecule has 0 saturated carbocycles. The first-order valence-electron chi connectivity index (χ1n) is 7.85. The van der Waals surface area contributed by atoms with Crippen LogP contribution in [0.5, 0.6) is 0 Å². The third-order valence-corrected chi connectivity index (χ3v) is 5.62. The predicted octanol–water partition coefficient (Wildman–Crippen LogP) is 5.57. The van der Waals surface area contributed by atoms with E-state index in [1.807, 2.05) is 24.4 Å². The average molecular weight is 406 g/mol. The minimum absolute atomic E-state index is 0.333. The molecule has 0 spiro atoms. The van der Waals surface area contributed by atoms with E-state index in [1.54, 1.807) is 31.3 Å². The molecule has 134 valence electrons. The molecule has 0 radical (unpaired) electrons. The summed E-state index contributed by atoms with van der Waals surface area (Å²) >= 11 is 9.27. The summed E-state index contributed by atoms with van der Waals surface area (Å²) in [6.45, 7) is 4.05. The van der Waals surface area contributed by atoms with Gasteiger partial charge in [0.1, 0.15) is 5.82 Å². The number of aryl methyl sites for hydroxylation is 1. The number of ether oxygens (including phenoxy) is 1. The Bertz CT molecular complexity index is 930. The standard InChI is InChI=1S/C18H16ClN3O2S2/c1-3-24-17(23)12-4-5-14(19)15(8-12)26-13-6-7-20-16(9-13)22-18-21-11(2)10-25-18/h4-10H,3H2,1-2H3,(H,20,21,22). The molecule has 0 aliphatic rings. The number of rotatable bonds is 6. The summed E-state index contributed by atoms with van der Waals surface area (Å²) in [5.41, 5.74) is 1.44. The van der Waals surface area contributed by atoms with Gasteiger partial charge in [-0.1, -0.05) is 23.4 Å². The number of benzene rings is 1. The Hall–Kier alpha value is -2.09. The van der Waals surface area contributed by atoms with Crippen molar-refractivity contribution in [2.24, 2.45) is 0 Å². The smallest absolute Gasteiger partial charge is 0.338 e. The summed E-state index contributed by atoms with van der Waals surface area (Å²) in [6.07, 6.45) is 1.72. The van der Waals surface area contributed by atoms with Crippen molar-refractivity contribution in [2.75, 3.05) is 11.9 Å². The quantitative estimate of drug-likeness (QED) is 0.540. The molecule has 0 unspecified atom stereocenters. The third-order valence-electron chi connectivity index (χ3n) is 3.26. The second kappa shape index (κ2) is 8.53. The highest BCUT2D eigenvalue weighted by Gasteiger charge is 2.11. The van der Waals surface area contributed by atoms with Gasteiger partial charge < -0.3 is 10.1 Å². The summed E-state index contributed by atoms with van der Waals surface area (Å²) < 4.78 is 5.04. The highest BCUT2D eigenvalue weighted by atomic mass is 35.5. The van der Waals surface area contributed by atoms with Crippen LogP contribution < -0.4 is 5.32 Å². The Balaban J connectivity index is 1.79. The molecule has 0 bridgehead atoms. The maximum atomic E-state index is 11.9. The first-order valence-corrected chi connectivity index (χ1v) is 9.92. The molecular formula is C18H16ClN3O2S2. The molecule has 8 heteroatoms. The van der Waals surface area contributed by atoms with Crippen molar-refractivity contribution in [2.45, 2.75) is 23.6 Å². The Morgan fingerprint density at radius 2 is 2.19 bits per heavy atom. The Morgan fingerprint density at radius 1 is 1.35 bits per heavy atom. The summed E-state index contributed by atoms with van der Waals surface area (Å²) in [5, 5.41) is 6.53. The van der Waals surface area contributed by atoms with E-state index >= 15 is 0 Å². The highest BCUT2D eigenvalue weighted by Crippen LogP contribution is 2.35. The number of nitrogens with one attached hydrogen (secondary N) is 1. The lowest BCUT2D eigenvalue weighted by atomic mass is 10.2. The van der Waals surface area contributed by atoms with Crippen LogP contribution in [0.3, 0.4) is 0 Å². The number of aromatic nitrogens is 2. The van der Waals surface area contributed by atoms with Gasteiger partial charge in [0.05, 0.1) is 22.9 Å². The first-order chi connectivity index (χ1) is 12.5. The molecule has 5 nitrogen and oxygen atoms in total. The Morgan fingerprint density at radius 3 is 2.92 bits per heavy atom. The third kappa shape index (κ3) is 4.75. The average Bonchev–Trinajstić information content (AvgIpc) is 3.02. The summed E-state index contributed by atoms with van der Waals surface area (Å²) in [4.78, 5) is 22.3. The molecule has 3 rings (SSSR count). The monoisotopic (exact) mass is 405 g/mol. The summed E-state index contributed by atoms with van der Waals surface area (Å²) in [7, 11) is 0. The van der Waals surface area contributed by atoms with E-state index in [1.165, 1.54) is 23.1 Å². The van der Waals surface area contributed by atoms with Gasteiger partial charge in [-0.05, 0) is 44.2 Å². The zero-order chi connectivity index (χ0) is 18.5. The molecule has 26 heavy (non-hydrogen) atoms. The van der Waals surface area contributed by atoms with E-state index in [0.717, 1.165) is 20.6 Å². The van der Waals surface area contributed by atoms with Crippen LogP contribution in [0.2, 0.25) is 5.02 Å². The number of hydrogen-bond donors (Lipinski definition) is 1. The number of nitrogens with zero attached hydrogens (tertiary/aromatic N) is 2. The largest absolute Gasteiger partial charge is 0.462 e. The number of esters is 1. The van der Waals surface area contributed by atoms with Crippen LogP contribution in [0.1, 0.15) is 23.0 Å². The highest BCUT2D eigenvalue weighted by molar-refractivity contribution is 7.99. The van der Waals surface area contributed by atoms with Crippen LogP contribution in [0.15, 0.2) is 51.7 Å². The molecule has 0 fully saturated rings. The van der Waals surface area contributed by atoms with E-state index in [9.17, 15) is 4.79 Å². The molecule has 3 aromatic rings. The van der Waals surface area contributed by atoms with E-state index in [-0.39, 0.29) is 5.97 Å². The molecule has 2 aromatic heterocycles. The molecule has 1 N–H and O–H groups in total. The Kier molecular flexibility index (Phi) is 6.13. The van der Waals surface area contributed by atoms with Gasteiger partial charge in [-0.3, -0.25) is 0 Å². The lowest BCUT2D eigenvalue weighted by Crippen LogP contribution is -2.04. The second-order valence-corrected chi connectivity index (χ2v) is 7.64. The van der Waals surface area contributed by atoms with Gasteiger partial charge in [0, 0.05) is 21.4 Å². The Labute approximate surface area is 164 Å². The number of hydrogen-bond acceptors (Lipinski definition) is 7. The fraction of sp³-hybridized carbons (Fsp3) is 0.167. The predicted molar refractivity (Wildman–Crippen MR) is 106 cm³/mol. The normalized spacial score (nSPS) is 10.6. The van der Waals surface area contributed by atoms with Crippen LogP contribution in [0.25, 0.3) is 0 Å². The first kappa shape index (κ1) is 18.7. The maximum Gasteiger partial charge on any atom is 0.338 e. The SMILES string of the molecule is CCOC(=O)c1ccc(Cl)c(Sc2ccnc(Nc3nc(C)cs3)c2)c1. The van der Waals surface area contributed by atoms with Crippen molar-refractivity contribution >= 4 is 51.6 Å². The lowest BCUT2D eigenvalue weighted by Gasteiger charge is -2.08. The van der Waals surface area contributed by atoms with Crippen molar-refractivity contribution < 1.29 is 9.53 Å². The van der Waals surface area contributed by atoms with Crippen LogP contribution in [0.4, 0.5) is 10.9 Å². The van der Waals surface area contributed by atoms with Crippen molar-refractivity contribution in [3.8, 4) is 0 Å². The van der Waals surface area contributed by atoms with E-state index in [2.05, 4.69) is 15.3 Å². The van der Waals surface area contributed by atoms with Crippen molar-refractivity contribution in [3.63, 3.8) is 0 Å². The second-order valence-electron chi connectivity index (χ2n) is 5.26. The van der Waals surface area contributed by atoms with Crippen molar-refractivity contribution in [1.82, 2.24) is 9.97 Å². The molecule has 0 amide bonds. The van der Waals surface area contributed by atoms with E-state index in [0.29, 0.717) is 23.0 Å². The number of carbonyl (C=O) groups excluding carboxylic acids is 1. The van der Waals surface area contributed by atoms with E-state index < -0.39 is 0 Å². The van der Waals surface area contributed by atoms with Gasteiger partial charge in [-0.15, -0.1) is 11.3 Å². The summed E-state index contributed by atoms with van der Waals surface area (Å²) in [6, 6.07) is 8.90. The van der Waals surface area contributed by atoms with Gasteiger partial charge in [-0.25, -0.2) is 14.8 Å².